The lowest BCUT2D eigenvalue weighted by atomic mass is 9.79. The fourth-order valence-electron chi connectivity index (χ4n) is 5.73. The molecule has 1 aliphatic heterocycles. The standard InChI is InChI=1S/C28H33N3O5/c32-25(29-20-28(12-6-1-7-13-28)30-14-16-35-17-15-30)19-36-26(33)18-31-23-10-4-2-8-21(23)27(34)22-9-3-5-11-24(22)31/h2-5,8-11H,1,6-7,12-20H2,(H,29,32). The second-order valence-corrected chi connectivity index (χ2v) is 9.77. The summed E-state index contributed by atoms with van der Waals surface area (Å²) in [6, 6.07) is 14.4. The van der Waals surface area contributed by atoms with E-state index in [9.17, 15) is 14.4 Å². The summed E-state index contributed by atoms with van der Waals surface area (Å²) in [5.41, 5.74) is 1.21. The maximum Gasteiger partial charge on any atom is 0.326 e. The number of ether oxygens (including phenoxy) is 2. The number of hydrogen-bond acceptors (Lipinski definition) is 6. The number of rotatable bonds is 7. The number of fused-ring (bicyclic) bond motifs is 2. The number of pyridine rings is 1. The lowest BCUT2D eigenvalue weighted by Crippen LogP contribution is -2.59. The van der Waals surface area contributed by atoms with E-state index in [1.807, 2.05) is 36.4 Å². The second kappa shape index (κ2) is 10.8. The van der Waals surface area contributed by atoms with E-state index in [1.54, 1.807) is 16.7 Å². The van der Waals surface area contributed by atoms with Crippen LogP contribution in [0.25, 0.3) is 21.8 Å². The van der Waals surface area contributed by atoms with Gasteiger partial charge in [0.15, 0.2) is 12.0 Å². The van der Waals surface area contributed by atoms with Gasteiger partial charge in [0.1, 0.15) is 6.54 Å². The number of nitrogens with zero attached hydrogens (tertiary/aromatic N) is 2. The van der Waals surface area contributed by atoms with Crippen molar-refractivity contribution in [3.63, 3.8) is 0 Å². The summed E-state index contributed by atoms with van der Waals surface area (Å²) in [5.74, 6) is -0.819. The number of aromatic nitrogens is 1. The quantitative estimate of drug-likeness (QED) is 0.404. The van der Waals surface area contributed by atoms with Gasteiger partial charge in [0, 0.05) is 35.9 Å². The Kier molecular flexibility index (Phi) is 7.34. The fourth-order valence-corrected chi connectivity index (χ4v) is 5.73. The Morgan fingerprint density at radius 3 is 2.17 bits per heavy atom. The highest BCUT2D eigenvalue weighted by atomic mass is 16.5. The van der Waals surface area contributed by atoms with Crippen LogP contribution in [0.1, 0.15) is 32.1 Å². The fraction of sp³-hybridized carbons (Fsp3) is 0.464. The molecule has 0 spiro atoms. The first kappa shape index (κ1) is 24.5. The van der Waals surface area contributed by atoms with Gasteiger partial charge in [-0.1, -0.05) is 43.5 Å². The summed E-state index contributed by atoms with van der Waals surface area (Å²) >= 11 is 0. The predicted molar refractivity (Wildman–Crippen MR) is 138 cm³/mol. The molecule has 0 unspecified atom stereocenters. The molecular formula is C28H33N3O5. The van der Waals surface area contributed by atoms with Gasteiger partial charge in [-0.3, -0.25) is 19.3 Å². The number of carbonyl (C=O) groups excluding carboxylic acids is 2. The Hall–Kier alpha value is -3.23. The van der Waals surface area contributed by atoms with Crippen LogP contribution in [0.2, 0.25) is 0 Å². The molecule has 190 valence electrons. The van der Waals surface area contributed by atoms with E-state index in [0.29, 0.717) is 28.4 Å². The van der Waals surface area contributed by atoms with Crippen molar-refractivity contribution in [2.75, 3.05) is 39.5 Å². The van der Waals surface area contributed by atoms with Crippen molar-refractivity contribution in [1.29, 1.82) is 0 Å². The SMILES string of the molecule is O=C(COC(=O)Cn1c2ccccc2c(=O)c2ccccc21)NCC1(N2CCOCC2)CCCCC1. The molecule has 5 rings (SSSR count). The number of hydrogen-bond donors (Lipinski definition) is 1. The molecule has 36 heavy (non-hydrogen) atoms. The van der Waals surface area contributed by atoms with Crippen molar-refractivity contribution < 1.29 is 19.1 Å². The van der Waals surface area contributed by atoms with Crippen molar-refractivity contribution in [2.45, 2.75) is 44.2 Å². The molecule has 0 atom stereocenters. The van der Waals surface area contributed by atoms with Gasteiger partial charge in [0.25, 0.3) is 5.91 Å². The van der Waals surface area contributed by atoms with Crippen LogP contribution in [0.5, 0.6) is 0 Å². The molecule has 1 N–H and O–H groups in total. The molecule has 1 aliphatic carbocycles. The largest absolute Gasteiger partial charge is 0.454 e. The van der Waals surface area contributed by atoms with Gasteiger partial charge in [-0.2, -0.15) is 0 Å². The van der Waals surface area contributed by atoms with E-state index in [4.69, 9.17) is 9.47 Å². The lowest BCUT2D eigenvalue weighted by molar-refractivity contribution is -0.149. The van der Waals surface area contributed by atoms with Gasteiger partial charge in [0.2, 0.25) is 0 Å². The van der Waals surface area contributed by atoms with Gasteiger partial charge >= 0.3 is 5.97 Å². The van der Waals surface area contributed by atoms with Crippen LogP contribution in [0.4, 0.5) is 0 Å². The third kappa shape index (κ3) is 5.01. The van der Waals surface area contributed by atoms with Gasteiger partial charge < -0.3 is 19.4 Å². The average molecular weight is 492 g/mol. The first-order chi connectivity index (χ1) is 17.6. The summed E-state index contributed by atoms with van der Waals surface area (Å²) in [6.07, 6.45) is 5.65. The van der Waals surface area contributed by atoms with Crippen molar-refractivity contribution in [3.8, 4) is 0 Å². The zero-order valence-corrected chi connectivity index (χ0v) is 20.5. The van der Waals surface area contributed by atoms with E-state index in [2.05, 4.69) is 10.2 Å². The number of morpholine rings is 1. The van der Waals surface area contributed by atoms with Crippen molar-refractivity contribution in [1.82, 2.24) is 14.8 Å². The molecular weight excluding hydrogens is 458 g/mol. The smallest absolute Gasteiger partial charge is 0.326 e. The molecule has 0 radical (unpaired) electrons. The van der Waals surface area contributed by atoms with Gasteiger partial charge in [-0.15, -0.1) is 0 Å². The molecule has 8 heteroatoms. The molecule has 1 saturated heterocycles. The summed E-state index contributed by atoms with van der Waals surface area (Å²) in [6.45, 7) is 3.35. The predicted octanol–water partition coefficient (Wildman–Crippen LogP) is 2.85. The molecule has 2 aliphatic rings. The maximum absolute atomic E-state index is 12.9. The Morgan fingerprint density at radius 2 is 1.53 bits per heavy atom. The maximum atomic E-state index is 12.9. The topological polar surface area (TPSA) is 89.9 Å². The summed E-state index contributed by atoms with van der Waals surface area (Å²) in [7, 11) is 0. The van der Waals surface area contributed by atoms with Gasteiger partial charge in [-0.05, 0) is 37.1 Å². The molecule has 1 amide bonds. The van der Waals surface area contributed by atoms with Crippen molar-refractivity contribution in [2.24, 2.45) is 0 Å². The van der Waals surface area contributed by atoms with Crippen LogP contribution in [0, 0.1) is 0 Å². The first-order valence-electron chi connectivity index (χ1n) is 12.8. The van der Waals surface area contributed by atoms with Crippen LogP contribution in [-0.4, -0.2) is 66.3 Å². The molecule has 1 saturated carbocycles. The van der Waals surface area contributed by atoms with E-state index >= 15 is 0 Å². The number of carbonyl (C=O) groups is 2. The third-order valence-electron chi connectivity index (χ3n) is 7.61. The zero-order valence-electron chi connectivity index (χ0n) is 20.5. The highest BCUT2D eigenvalue weighted by Crippen LogP contribution is 2.33. The third-order valence-corrected chi connectivity index (χ3v) is 7.61. The van der Waals surface area contributed by atoms with E-state index in [0.717, 1.165) is 52.0 Å². The molecule has 2 fully saturated rings. The van der Waals surface area contributed by atoms with E-state index in [1.165, 1.54) is 6.42 Å². The molecule has 8 nitrogen and oxygen atoms in total. The lowest BCUT2D eigenvalue weighted by Gasteiger charge is -2.48. The first-order valence-corrected chi connectivity index (χ1v) is 12.8. The monoisotopic (exact) mass is 491 g/mol. The Balaban J connectivity index is 1.24. The van der Waals surface area contributed by atoms with E-state index in [-0.39, 0.29) is 30.0 Å². The number of amides is 1. The molecule has 2 aromatic carbocycles. The van der Waals surface area contributed by atoms with Crippen LogP contribution >= 0.6 is 0 Å². The highest BCUT2D eigenvalue weighted by molar-refractivity contribution is 5.94. The summed E-state index contributed by atoms with van der Waals surface area (Å²) < 4.78 is 12.7. The highest BCUT2D eigenvalue weighted by Gasteiger charge is 2.38. The van der Waals surface area contributed by atoms with Gasteiger partial charge in [0.05, 0.1) is 24.2 Å². The normalized spacial score (nSPS) is 18.2. The Morgan fingerprint density at radius 1 is 0.917 bits per heavy atom. The molecule has 0 bridgehead atoms. The number of nitrogens with one attached hydrogen (secondary N) is 1. The Bertz CT molecular complexity index is 1250. The minimum Gasteiger partial charge on any atom is -0.454 e. The van der Waals surface area contributed by atoms with Gasteiger partial charge in [-0.25, -0.2) is 0 Å². The summed E-state index contributed by atoms with van der Waals surface area (Å²) in [5, 5.41) is 4.12. The number of esters is 1. The molecule has 3 aromatic rings. The number of para-hydroxylation sites is 2. The number of benzene rings is 2. The van der Waals surface area contributed by atoms with Crippen LogP contribution in [-0.2, 0) is 25.6 Å². The minimum absolute atomic E-state index is 0.0462. The molecule has 1 aromatic heterocycles. The second-order valence-electron chi connectivity index (χ2n) is 9.77. The van der Waals surface area contributed by atoms with Crippen molar-refractivity contribution >= 4 is 33.7 Å². The van der Waals surface area contributed by atoms with Crippen LogP contribution < -0.4 is 10.7 Å². The zero-order chi connectivity index (χ0) is 25.0. The van der Waals surface area contributed by atoms with E-state index < -0.39 is 5.97 Å². The van der Waals surface area contributed by atoms with Crippen LogP contribution in [0.15, 0.2) is 53.3 Å². The van der Waals surface area contributed by atoms with Crippen molar-refractivity contribution in [3.05, 3.63) is 58.8 Å². The summed E-state index contributed by atoms with van der Waals surface area (Å²) in [4.78, 5) is 40.8. The average Bonchev–Trinajstić information content (AvgIpc) is 2.94. The van der Waals surface area contributed by atoms with Crippen LogP contribution in [0.3, 0.4) is 0 Å². The Labute approximate surface area is 210 Å². The molecule has 2 heterocycles. The minimum atomic E-state index is -0.523.